The standard InChI is InChI=1S/C12H16ClN3/c1-8(2)16-12(13)10-7-9(5-6-14)3-4-11(10)15-16/h3-4,7-8H,5-6,14H2,1-2H3. The molecule has 0 saturated carbocycles. The molecule has 0 amide bonds. The van der Waals surface area contributed by atoms with Crippen molar-refractivity contribution in [2.24, 2.45) is 5.73 Å². The molecule has 2 aromatic rings. The van der Waals surface area contributed by atoms with Crippen LogP contribution in [-0.4, -0.2) is 16.3 Å². The van der Waals surface area contributed by atoms with Gasteiger partial charge in [0.2, 0.25) is 0 Å². The van der Waals surface area contributed by atoms with Crippen LogP contribution < -0.4 is 5.73 Å². The summed E-state index contributed by atoms with van der Waals surface area (Å²) in [6, 6.07) is 6.42. The molecule has 2 N–H and O–H groups in total. The van der Waals surface area contributed by atoms with Gasteiger partial charge in [0.1, 0.15) is 5.15 Å². The van der Waals surface area contributed by atoms with E-state index < -0.39 is 0 Å². The fourth-order valence-electron chi connectivity index (χ4n) is 1.78. The van der Waals surface area contributed by atoms with E-state index in [1.807, 2.05) is 10.7 Å². The molecule has 3 nitrogen and oxygen atoms in total. The van der Waals surface area contributed by atoms with E-state index in [0.717, 1.165) is 17.3 Å². The SMILES string of the molecule is CC(C)n1nc2ccc(CCN)cc2c1Cl. The maximum absolute atomic E-state index is 6.29. The molecule has 1 aromatic carbocycles. The van der Waals surface area contributed by atoms with Crippen molar-refractivity contribution in [3.05, 3.63) is 28.9 Å². The predicted octanol–water partition coefficient (Wildman–Crippen LogP) is 2.77. The first kappa shape index (κ1) is 11.4. The summed E-state index contributed by atoms with van der Waals surface area (Å²) in [5, 5.41) is 6.19. The number of benzene rings is 1. The van der Waals surface area contributed by atoms with Gasteiger partial charge in [0.25, 0.3) is 0 Å². The Kier molecular flexibility index (Phi) is 3.17. The Bertz CT molecular complexity index is 502. The second-order valence-electron chi connectivity index (χ2n) is 4.22. The number of hydrogen-bond donors (Lipinski definition) is 1. The Morgan fingerprint density at radius 1 is 1.44 bits per heavy atom. The lowest BCUT2D eigenvalue weighted by atomic mass is 10.1. The lowest BCUT2D eigenvalue weighted by Gasteiger charge is -2.05. The van der Waals surface area contributed by atoms with Crippen molar-refractivity contribution in [2.45, 2.75) is 26.3 Å². The highest BCUT2D eigenvalue weighted by atomic mass is 35.5. The molecule has 0 radical (unpaired) electrons. The van der Waals surface area contributed by atoms with Gasteiger partial charge in [-0.05, 0) is 44.5 Å². The second-order valence-corrected chi connectivity index (χ2v) is 4.58. The average Bonchev–Trinajstić information content (AvgIpc) is 2.57. The Morgan fingerprint density at radius 3 is 2.81 bits per heavy atom. The minimum atomic E-state index is 0.276. The summed E-state index contributed by atoms with van der Waals surface area (Å²) in [5.41, 5.74) is 7.69. The molecule has 0 spiro atoms. The van der Waals surface area contributed by atoms with Crippen LogP contribution in [0.25, 0.3) is 10.9 Å². The molecule has 16 heavy (non-hydrogen) atoms. The molecule has 0 atom stereocenters. The van der Waals surface area contributed by atoms with E-state index in [1.54, 1.807) is 0 Å². The van der Waals surface area contributed by atoms with Crippen LogP contribution in [0.3, 0.4) is 0 Å². The van der Waals surface area contributed by atoms with Gasteiger partial charge in [0, 0.05) is 11.4 Å². The molecular formula is C12H16ClN3. The number of halogens is 1. The highest BCUT2D eigenvalue weighted by Crippen LogP contribution is 2.26. The Balaban J connectivity index is 2.55. The smallest absolute Gasteiger partial charge is 0.135 e. The quantitative estimate of drug-likeness (QED) is 0.892. The number of aromatic nitrogens is 2. The zero-order valence-electron chi connectivity index (χ0n) is 9.57. The maximum atomic E-state index is 6.29. The van der Waals surface area contributed by atoms with Crippen LogP contribution >= 0.6 is 11.6 Å². The minimum absolute atomic E-state index is 0.276. The van der Waals surface area contributed by atoms with E-state index in [4.69, 9.17) is 17.3 Å². The van der Waals surface area contributed by atoms with Crippen LogP contribution in [0, 0.1) is 0 Å². The van der Waals surface area contributed by atoms with Gasteiger partial charge in [-0.25, -0.2) is 0 Å². The van der Waals surface area contributed by atoms with Gasteiger partial charge in [-0.3, -0.25) is 4.68 Å². The summed E-state index contributed by atoms with van der Waals surface area (Å²) in [5.74, 6) is 0. The zero-order chi connectivity index (χ0) is 11.7. The van der Waals surface area contributed by atoms with Gasteiger partial charge in [-0.15, -0.1) is 0 Å². The molecule has 1 aromatic heterocycles. The topological polar surface area (TPSA) is 43.8 Å². The molecule has 0 bridgehead atoms. The molecule has 0 unspecified atom stereocenters. The molecule has 0 saturated heterocycles. The maximum Gasteiger partial charge on any atom is 0.135 e. The summed E-state index contributed by atoms with van der Waals surface area (Å²) in [6.45, 7) is 4.79. The van der Waals surface area contributed by atoms with Crippen LogP contribution in [0.2, 0.25) is 5.15 Å². The van der Waals surface area contributed by atoms with E-state index >= 15 is 0 Å². The number of rotatable bonds is 3. The minimum Gasteiger partial charge on any atom is -0.330 e. The molecule has 0 aliphatic carbocycles. The van der Waals surface area contributed by atoms with E-state index in [1.165, 1.54) is 5.56 Å². The zero-order valence-corrected chi connectivity index (χ0v) is 10.3. The molecule has 1 heterocycles. The highest BCUT2D eigenvalue weighted by molar-refractivity contribution is 6.34. The Hall–Kier alpha value is -1.06. The molecule has 0 fully saturated rings. The summed E-state index contributed by atoms with van der Waals surface area (Å²) in [7, 11) is 0. The first-order valence-corrected chi connectivity index (χ1v) is 5.88. The van der Waals surface area contributed by atoms with Crippen molar-refractivity contribution >= 4 is 22.5 Å². The van der Waals surface area contributed by atoms with Crippen LogP contribution in [0.15, 0.2) is 18.2 Å². The molecule has 86 valence electrons. The highest BCUT2D eigenvalue weighted by Gasteiger charge is 2.11. The van der Waals surface area contributed by atoms with Crippen molar-refractivity contribution in [2.75, 3.05) is 6.54 Å². The van der Waals surface area contributed by atoms with Crippen LogP contribution in [0.4, 0.5) is 0 Å². The average molecular weight is 238 g/mol. The second kappa shape index (κ2) is 4.44. The van der Waals surface area contributed by atoms with E-state index in [9.17, 15) is 0 Å². The summed E-state index contributed by atoms with van der Waals surface area (Å²) in [6.07, 6.45) is 0.874. The molecule has 4 heteroatoms. The van der Waals surface area contributed by atoms with Gasteiger partial charge in [-0.2, -0.15) is 5.10 Å². The Labute approximate surface area is 100 Å². The van der Waals surface area contributed by atoms with E-state index in [2.05, 4.69) is 31.1 Å². The fraction of sp³-hybridized carbons (Fsp3) is 0.417. The molecular weight excluding hydrogens is 222 g/mol. The number of nitrogens with two attached hydrogens (primary N) is 1. The number of hydrogen-bond acceptors (Lipinski definition) is 2. The van der Waals surface area contributed by atoms with Gasteiger partial charge in [0.15, 0.2) is 0 Å². The molecule has 0 aliphatic rings. The largest absolute Gasteiger partial charge is 0.330 e. The van der Waals surface area contributed by atoms with Gasteiger partial charge < -0.3 is 5.73 Å². The fourth-order valence-corrected chi connectivity index (χ4v) is 2.17. The van der Waals surface area contributed by atoms with Gasteiger partial charge in [-0.1, -0.05) is 17.7 Å². The third-order valence-electron chi connectivity index (χ3n) is 2.62. The van der Waals surface area contributed by atoms with Crippen molar-refractivity contribution in [1.82, 2.24) is 9.78 Å². The summed E-state index contributed by atoms with van der Waals surface area (Å²) < 4.78 is 1.85. The van der Waals surface area contributed by atoms with Crippen LogP contribution in [0.5, 0.6) is 0 Å². The predicted molar refractivity (Wildman–Crippen MR) is 67.9 cm³/mol. The lowest BCUT2D eigenvalue weighted by molar-refractivity contribution is 0.538. The van der Waals surface area contributed by atoms with E-state index in [-0.39, 0.29) is 6.04 Å². The van der Waals surface area contributed by atoms with E-state index in [0.29, 0.717) is 11.7 Å². The van der Waals surface area contributed by atoms with Gasteiger partial charge >= 0.3 is 0 Å². The molecule has 0 aliphatic heterocycles. The first-order valence-electron chi connectivity index (χ1n) is 5.50. The molecule has 2 rings (SSSR count). The summed E-state index contributed by atoms with van der Waals surface area (Å²) in [4.78, 5) is 0. The van der Waals surface area contributed by atoms with Crippen molar-refractivity contribution in [3.63, 3.8) is 0 Å². The van der Waals surface area contributed by atoms with Crippen molar-refractivity contribution in [3.8, 4) is 0 Å². The van der Waals surface area contributed by atoms with Gasteiger partial charge in [0.05, 0.1) is 5.52 Å². The first-order chi connectivity index (χ1) is 7.63. The Morgan fingerprint density at radius 2 is 2.19 bits per heavy atom. The third-order valence-corrected chi connectivity index (χ3v) is 3.00. The van der Waals surface area contributed by atoms with Crippen molar-refractivity contribution in [1.29, 1.82) is 0 Å². The normalized spacial score (nSPS) is 11.6. The summed E-state index contributed by atoms with van der Waals surface area (Å²) >= 11 is 6.29. The number of fused-ring (bicyclic) bond motifs is 1. The van der Waals surface area contributed by atoms with Crippen molar-refractivity contribution < 1.29 is 0 Å². The van der Waals surface area contributed by atoms with Crippen LogP contribution in [0.1, 0.15) is 25.5 Å². The lowest BCUT2D eigenvalue weighted by Crippen LogP contribution is -2.02. The van der Waals surface area contributed by atoms with Crippen LogP contribution in [-0.2, 0) is 6.42 Å². The monoisotopic (exact) mass is 237 g/mol. The third kappa shape index (κ3) is 1.93. The number of nitrogens with zero attached hydrogens (tertiary/aromatic N) is 2.